The van der Waals surface area contributed by atoms with Crippen LogP contribution in [0.25, 0.3) is 22.4 Å². The van der Waals surface area contributed by atoms with Crippen molar-refractivity contribution >= 4 is 13.3 Å². The van der Waals surface area contributed by atoms with E-state index in [-0.39, 0.29) is 0 Å². The van der Waals surface area contributed by atoms with Gasteiger partial charge in [0.2, 0.25) is 0 Å². The standard InChI is InChI=1S/C24H29NSi/c1-18(2)15-20-16-23(25-17-24(20)26(3,4)5)22-14-10-9-13-21(22)19-11-7-6-8-12-19/h6-14,16-18H,15H2,1-5H3. The highest BCUT2D eigenvalue weighted by Gasteiger charge is 2.22. The van der Waals surface area contributed by atoms with Crippen LogP contribution >= 0.6 is 0 Å². The molecule has 0 aliphatic carbocycles. The molecular weight excluding hydrogens is 330 g/mol. The molecule has 2 aromatic carbocycles. The molecule has 134 valence electrons. The van der Waals surface area contributed by atoms with Crippen LogP contribution in [0.4, 0.5) is 0 Å². The molecule has 0 bridgehead atoms. The lowest BCUT2D eigenvalue weighted by Crippen LogP contribution is -2.40. The van der Waals surface area contributed by atoms with Crippen molar-refractivity contribution in [2.75, 3.05) is 0 Å². The Kier molecular flexibility index (Phi) is 5.43. The van der Waals surface area contributed by atoms with E-state index in [1.54, 1.807) is 0 Å². The highest BCUT2D eigenvalue weighted by atomic mass is 28.3. The van der Waals surface area contributed by atoms with Gasteiger partial charge in [-0.05, 0) is 40.3 Å². The quantitative estimate of drug-likeness (QED) is 0.497. The van der Waals surface area contributed by atoms with Crippen LogP contribution in [-0.4, -0.2) is 13.1 Å². The molecule has 0 N–H and O–H groups in total. The van der Waals surface area contributed by atoms with E-state index in [0.29, 0.717) is 5.92 Å². The fraction of sp³-hybridized carbons (Fsp3) is 0.292. The first-order chi connectivity index (χ1) is 12.4. The van der Waals surface area contributed by atoms with Crippen LogP contribution < -0.4 is 5.19 Å². The molecule has 26 heavy (non-hydrogen) atoms. The topological polar surface area (TPSA) is 12.9 Å². The van der Waals surface area contributed by atoms with Crippen LogP contribution in [0.2, 0.25) is 19.6 Å². The van der Waals surface area contributed by atoms with E-state index in [2.05, 4.69) is 100 Å². The SMILES string of the molecule is CC(C)Cc1cc(-c2ccccc2-c2ccccc2)ncc1[Si](C)(C)C. The molecule has 1 heterocycles. The van der Waals surface area contributed by atoms with Crippen LogP contribution in [0, 0.1) is 5.92 Å². The van der Waals surface area contributed by atoms with Gasteiger partial charge in [-0.2, -0.15) is 0 Å². The second-order valence-electron chi connectivity index (χ2n) is 8.49. The van der Waals surface area contributed by atoms with E-state index in [0.717, 1.165) is 12.1 Å². The Balaban J connectivity index is 2.14. The molecule has 0 saturated heterocycles. The molecule has 0 amide bonds. The Morgan fingerprint density at radius 1 is 0.846 bits per heavy atom. The zero-order valence-corrected chi connectivity index (χ0v) is 17.6. The Bertz CT molecular complexity index is 876. The van der Waals surface area contributed by atoms with Crippen LogP contribution in [0.5, 0.6) is 0 Å². The summed E-state index contributed by atoms with van der Waals surface area (Å²) in [4.78, 5) is 4.90. The minimum absolute atomic E-state index is 0.643. The number of rotatable bonds is 5. The second-order valence-corrected chi connectivity index (χ2v) is 13.5. The minimum Gasteiger partial charge on any atom is -0.256 e. The summed E-state index contributed by atoms with van der Waals surface area (Å²) in [6.45, 7) is 11.8. The summed E-state index contributed by atoms with van der Waals surface area (Å²) in [5.41, 5.74) is 6.27. The maximum atomic E-state index is 4.90. The summed E-state index contributed by atoms with van der Waals surface area (Å²) in [6, 6.07) is 21.5. The Morgan fingerprint density at radius 3 is 2.08 bits per heavy atom. The normalized spacial score (nSPS) is 11.8. The molecule has 1 nitrogen and oxygen atoms in total. The molecular formula is C24H29NSi. The van der Waals surface area contributed by atoms with Gasteiger partial charge in [-0.15, -0.1) is 0 Å². The highest BCUT2D eigenvalue weighted by Crippen LogP contribution is 2.31. The summed E-state index contributed by atoms with van der Waals surface area (Å²) in [6.07, 6.45) is 3.27. The van der Waals surface area contributed by atoms with Gasteiger partial charge >= 0.3 is 0 Å². The van der Waals surface area contributed by atoms with Gasteiger partial charge in [0.25, 0.3) is 0 Å². The zero-order chi connectivity index (χ0) is 18.7. The Labute approximate surface area is 159 Å². The molecule has 3 rings (SSSR count). The number of hydrogen-bond donors (Lipinski definition) is 0. The van der Waals surface area contributed by atoms with Crippen molar-refractivity contribution in [3.8, 4) is 22.4 Å². The molecule has 0 atom stereocenters. The average molecular weight is 360 g/mol. The number of nitrogens with zero attached hydrogens (tertiary/aromatic N) is 1. The van der Waals surface area contributed by atoms with Gasteiger partial charge < -0.3 is 0 Å². The van der Waals surface area contributed by atoms with Crippen LogP contribution in [0.1, 0.15) is 19.4 Å². The van der Waals surface area contributed by atoms with Crippen molar-refractivity contribution in [2.24, 2.45) is 5.92 Å². The van der Waals surface area contributed by atoms with Crippen LogP contribution in [-0.2, 0) is 6.42 Å². The molecule has 0 radical (unpaired) electrons. The first kappa shape index (κ1) is 18.6. The molecule has 0 unspecified atom stereocenters. The fourth-order valence-electron chi connectivity index (χ4n) is 3.50. The van der Waals surface area contributed by atoms with E-state index in [4.69, 9.17) is 4.98 Å². The van der Waals surface area contributed by atoms with E-state index in [1.165, 1.54) is 27.4 Å². The zero-order valence-electron chi connectivity index (χ0n) is 16.6. The van der Waals surface area contributed by atoms with E-state index in [1.807, 2.05) is 0 Å². The third-order valence-corrected chi connectivity index (χ3v) is 6.78. The number of aromatic nitrogens is 1. The number of pyridine rings is 1. The molecule has 1 aromatic heterocycles. The number of benzene rings is 2. The van der Waals surface area contributed by atoms with Crippen molar-refractivity contribution in [2.45, 2.75) is 39.9 Å². The lowest BCUT2D eigenvalue weighted by molar-refractivity contribution is 0.649. The second kappa shape index (κ2) is 7.59. The summed E-state index contributed by atoms with van der Waals surface area (Å²) in [5.74, 6) is 0.643. The molecule has 0 aliphatic heterocycles. The lowest BCUT2D eigenvalue weighted by Gasteiger charge is -2.22. The Morgan fingerprint density at radius 2 is 1.46 bits per heavy atom. The predicted octanol–water partition coefficient (Wildman–Crippen LogP) is 6.16. The van der Waals surface area contributed by atoms with Gasteiger partial charge in [0.1, 0.15) is 0 Å². The van der Waals surface area contributed by atoms with Crippen molar-refractivity contribution in [3.63, 3.8) is 0 Å². The highest BCUT2D eigenvalue weighted by molar-refractivity contribution is 6.89. The van der Waals surface area contributed by atoms with E-state index < -0.39 is 8.07 Å². The average Bonchev–Trinajstić information content (AvgIpc) is 2.61. The monoisotopic (exact) mass is 359 g/mol. The van der Waals surface area contributed by atoms with Gasteiger partial charge in [0.15, 0.2) is 0 Å². The third-order valence-electron chi connectivity index (χ3n) is 4.71. The molecule has 0 fully saturated rings. The molecule has 0 aliphatic rings. The van der Waals surface area contributed by atoms with Gasteiger partial charge in [-0.25, -0.2) is 0 Å². The van der Waals surface area contributed by atoms with Crippen molar-refractivity contribution in [3.05, 3.63) is 72.4 Å². The maximum absolute atomic E-state index is 4.90. The van der Waals surface area contributed by atoms with E-state index >= 15 is 0 Å². The maximum Gasteiger partial charge on any atom is 0.0799 e. The van der Waals surface area contributed by atoms with Crippen LogP contribution in [0.15, 0.2) is 66.9 Å². The molecule has 0 saturated carbocycles. The number of hydrogen-bond acceptors (Lipinski definition) is 1. The van der Waals surface area contributed by atoms with Gasteiger partial charge in [0.05, 0.1) is 13.8 Å². The Hall–Kier alpha value is -2.19. The van der Waals surface area contributed by atoms with E-state index in [9.17, 15) is 0 Å². The predicted molar refractivity (Wildman–Crippen MR) is 117 cm³/mol. The summed E-state index contributed by atoms with van der Waals surface area (Å²) < 4.78 is 0. The summed E-state index contributed by atoms with van der Waals surface area (Å²) >= 11 is 0. The van der Waals surface area contributed by atoms with Crippen molar-refractivity contribution in [1.29, 1.82) is 0 Å². The molecule has 3 aromatic rings. The smallest absolute Gasteiger partial charge is 0.0799 e. The largest absolute Gasteiger partial charge is 0.256 e. The summed E-state index contributed by atoms with van der Waals surface area (Å²) in [5, 5.41) is 1.49. The minimum atomic E-state index is -1.41. The van der Waals surface area contributed by atoms with Gasteiger partial charge in [-0.3, -0.25) is 4.98 Å². The van der Waals surface area contributed by atoms with Gasteiger partial charge in [-0.1, -0.05) is 88.1 Å². The first-order valence-corrected chi connectivity index (χ1v) is 13.0. The van der Waals surface area contributed by atoms with Crippen LogP contribution in [0.3, 0.4) is 0 Å². The molecule has 0 spiro atoms. The van der Waals surface area contributed by atoms with Crippen molar-refractivity contribution in [1.82, 2.24) is 4.98 Å². The first-order valence-electron chi connectivity index (χ1n) is 9.50. The molecule has 2 heteroatoms. The third kappa shape index (κ3) is 4.13. The lowest BCUT2D eigenvalue weighted by atomic mass is 9.95. The van der Waals surface area contributed by atoms with Crippen molar-refractivity contribution < 1.29 is 0 Å². The summed E-state index contributed by atoms with van der Waals surface area (Å²) in [7, 11) is -1.41. The fourth-order valence-corrected chi connectivity index (χ4v) is 5.09. The van der Waals surface area contributed by atoms with Gasteiger partial charge in [0, 0.05) is 11.8 Å².